The molecule has 0 saturated carbocycles. The van der Waals surface area contributed by atoms with Gasteiger partial charge >= 0.3 is 0 Å². The Bertz CT molecular complexity index is 1050. The lowest BCUT2D eigenvalue weighted by Gasteiger charge is -2.19. The van der Waals surface area contributed by atoms with Crippen molar-refractivity contribution in [1.29, 1.82) is 0 Å². The van der Waals surface area contributed by atoms with Crippen LogP contribution in [0.15, 0.2) is 55.1 Å². The predicted molar refractivity (Wildman–Crippen MR) is 103 cm³/mol. The van der Waals surface area contributed by atoms with Crippen molar-refractivity contribution in [3.05, 3.63) is 60.9 Å². The van der Waals surface area contributed by atoms with Crippen LogP contribution < -0.4 is 15.0 Å². The molecule has 1 fully saturated rings. The number of nitrogens with one attached hydrogen (secondary N) is 1. The SMILES string of the molecule is COc1ccccc1N1CC(C(=O)Nc2ccc(-n3cncn3)c(F)c2)CC1=O. The first-order chi connectivity index (χ1) is 14.1. The monoisotopic (exact) mass is 395 g/mol. The highest BCUT2D eigenvalue weighted by atomic mass is 19.1. The molecule has 0 spiro atoms. The molecule has 3 aromatic rings. The van der Waals surface area contributed by atoms with E-state index in [1.54, 1.807) is 24.3 Å². The quantitative estimate of drug-likeness (QED) is 0.717. The minimum atomic E-state index is -0.550. The van der Waals surface area contributed by atoms with Gasteiger partial charge in [-0.05, 0) is 30.3 Å². The van der Waals surface area contributed by atoms with E-state index >= 15 is 0 Å². The summed E-state index contributed by atoms with van der Waals surface area (Å²) in [6.07, 6.45) is 2.76. The van der Waals surface area contributed by atoms with Crippen molar-refractivity contribution in [2.75, 3.05) is 23.9 Å². The number of para-hydroxylation sites is 2. The van der Waals surface area contributed by atoms with Gasteiger partial charge in [0.1, 0.15) is 24.1 Å². The van der Waals surface area contributed by atoms with Crippen LogP contribution in [0.1, 0.15) is 6.42 Å². The molecule has 29 heavy (non-hydrogen) atoms. The van der Waals surface area contributed by atoms with Crippen LogP contribution in [0.5, 0.6) is 5.75 Å². The highest BCUT2D eigenvalue weighted by Gasteiger charge is 2.36. The van der Waals surface area contributed by atoms with Crippen LogP contribution >= 0.6 is 0 Å². The maximum absolute atomic E-state index is 14.4. The molecule has 0 radical (unpaired) electrons. The first kappa shape index (κ1) is 18.6. The van der Waals surface area contributed by atoms with Crippen LogP contribution in [0.4, 0.5) is 15.8 Å². The molecule has 1 aliphatic heterocycles. The van der Waals surface area contributed by atoms with Crippen molar-refractivity contribution in [1.82, 2.24) is 14.8 Å². The second-order valence-corrected chi connectivity index (χ2v) is 6.57. The molecule has 1 aliphatic rings. The van der Waals surface area contributed by atoms with Gasteiger partial charge in [0.05, 0.1) is 18.7 Å². The van der Waals surface area contributed by atoms with E-state index in [0.717, 1.165) is 0 Å². The molecule has 1 atom stereocenters. The number of hydrogen-bond donors (Lipinski definition) is 1. The van der Waals surface area contributed by atoms with E-state index in [1.165, 1.54) is 41.5 Å². The zero-order valence-electron chi connectivity index (χ0n) is 15.6. The van der Waals surface area contributed by atoms with Crippen LogP contribution in [-0.2, 0) is 9.59 Å². The molecule has 1 unspecified atom stereocenters. The topological polar surface area (TPSA) is 89.3 Å². The number of benzene rings is 2. The Morgan fingerprint density at radius 3 is 2.79 bits per heavy atom. The summed E-state index contributed by atoms with van der Waals surface area (Å²) in [5, 5.41) is 6.57. The van der Waals surface area contributed by atoms with E-state index in [-0.39, 0.29) is 30.5 Å². The molecule has 9 heteroatoms. The lowest BCUT2D eigenvalue weighted by atomic mass is 10.1. The van der Waals surface area contributed by atoms with Crippen LogP contribution in [0.25, 0.3) is 5.69 Å². The van der Waals surface area contributed by atoms with Crippen LogP contribution in [0.2, 0.25) is 0 Å². The summed E-state index contributed by atoms with van der Waals surface area (Å²) in [5.41, 5.74) is 1.15. The Morgan fingerprint density at radius 1 is 1.24 bits per heavy atom. The molecular weight excluding hydrogens is 377 g/mol. The maximum atomic E-state index is 14.4. The molecule has 2 amide bonds. The third-order valence-corrected chi connectivity index (χ3v) is 4.75. The molecule has 0 bridgehead atoms. The van der Waals surface area contributed by atoms with Crippen molar-refractivity contribution >= 4 is 23.2 Å². The van der Waals surface area contributed by atoms with E-state index in [1.807, 2.05) is 6.07 Å². The fourth-order valence-electron chi connectivity index (χ4n) is 3.32. The van der Waals surface area contributed by atoms with Crippen LogP contribution in [0, 0.1) is 11.7 Å². The normalized spacial score (nSPS) is 16.1. The number of rotatable bonds is 5. The summed E-state index contributed by atoms with van der Waals surface area (Å²) in [4.78, 5) is 30.4. The molecule has 1 aromatic heterocycles. The molecule has 1 saturated heterocycles. The molecule has 148 valence electrons. The summed E-state index contributed by atoms with van der Waals surface area (Å²) < 4.78 is 21.0. The number of methoxy groups -OCH3 is 1. The predicted octanol–water partition coefficient (Wildman–Crippen LogP) is 2.41. The van der Waals surface area contributed by atoms with Gasteiger partial charge in [0, 0.05) is 18.7 Å². The standard InChI is InChI=1S/C20H18FN5O3/c1-29-18-5-3-2-4-17(18)25-10-13(8-19(25)27)20(28)24-14-6-7-16(15(21)9-14)26-12-22-11-23-26/h2-7,9,11-13H,8,10H2,1H3,(H,24,28). The molecule has 1 N–H and O–H groups in total. The first-order valence-electron chi connectivity index (χ1n) is 8.95. The number of anilines is 2. The number of amides is 2. The number of ether oxygens (including phenoxy) is 1. The Labute approximate surface area is 165 Å². The highest BCUT2D eigenvalue weighted by molar-refractivity contribution is 6.04. The number of hydrogen-bond acceptors (Lipinski definition) is 5. The molecule has 4 rings (SSSR count). The van der Waals surface area contributed by atoms with Crippen molar-refractivity contribution in [3.8, 4) is 11.4 Å². The second-order valence-electron chi connectivity index (χ2n) is 6.57. The van der Waals surface area contributed by atoms with Gasteiger partial charge in [-0.3, -0.25) is 9.59 Å². The fourth-order valence-corrected chi connectivity index (χ4v) is 3.32. The summed E-state index contributed by atoms with van der Waals surface area (Å²) in [6.45, 7) is 0.227. The van der Waals surface area contributed by atoms with E-state index in [4.69, 9.17) is 4.74 Å². The van der Waals surface area contributed by atoms with Gasteiger partial charge in [-0.25, -0.2) is 14.1 Å². The smallest absolute Gasteiger partial charge is 0.229 e. The number of nitrogens with zero attached hydrogens (tertiary/aromatic N) is 4. The average Bonchev–Trinajstić information content (AvgIpc) is 3.38. The largest absolute Gasteiger partial charge is 0.495 e. The van der Waals surface area contributed by atoms with Gasteiger partial charge in [0.25, 0.3) is 0 Å². The molecule has 8 nitrogen and oxygen atoms in total. The van der Waals surface area contributed by atoms with Gasteiger partial charge in [0.2, 0.25) is 11.8 Å². The van der Waals surface area contributed by atoms with Crippen molar-refractivity contribution < 1.29 is 18.7 Å². The molecule has 2 heterocycles. The van der Waals surface area contributed by atoms with Crippen LogP contribution in [-0.4, -0.2) is 40.2 Å². The van der Waals surface area contributed by atoms with Gasteiger partial charge in [0.15, 0.2) is 5.82 Å². The summed E-state index contributed by atoms with van der Waals surface area (Å²) in [5.74, 6) is -1.05. The maximum Gasteiger partial charge on any atom is 0.229 e. The molecular formula is C20H18FN5O3. The average molecular weight is 395 g/mol. The number of aromatic nitrogens is 3. The van der Waals surface area contributed by atoms with E-state index in [9.17, 15) is 14.0 Å². The summed E-state index contributed by atoms with van der Waals surface area (Å²) >= 11 is 0. The van der Waals surface area contributed by atoms with Crippen LogP contribution in [0.3, 0.4) is 0 Å². The summed E-state index contributed by atoms with van der Waals surface area (Å²) in [6, 6.07) is 11.4. The van der Waals surface area contributed by atoms with Gasteiger partial charge in [-0.15, -0.1) is 0 Å². The lowest BCUT2D eigenvalue weighted by Crippen LogP contribution is -2.28. The van der Waals surface area contributed by atoms with Crippen molar-refractivity contribution in [3.63, 3.8) is 0 Å². The Morgan fingerprint density at radius 2 is 2.07 bits per heavy atom. The lowest BCUT2D eigenvalue weighted by molar-refractivity contribution is -0.122. The minimum Gasteiger partial charge on any atom is -0.495 e. The van der Waals surface area contributed by atoms with Gasteiger partial charge < -0.3 is 15.0 Å². The van der Waals surface area contributed by atoms with E-state index in [0.29, 0.717) is 17.1 Å². The third-order valence-electron chi connectivity index (χ3n) is 4.75. The highest BCUT2D eigenvalue weighted by Crippen LogP contribution is 2.33. The zero-order chi connectivity index (χ0) is 20.4. The summed E-state index contributed by atoms with van der Waals surface area (Å²) in [7, 11) is 1.53. The van der Waals surface area contributed by atoms with E-state index < -0.39 is 11.7 Å². The Balaban J connectivity index is 1.47. The molecule has 0 aliphatic carbocycles. The molecule has 2 aromatic carbocycles. The number of carbonyl (C=O) groups excluding carboxylic acids is 2. The van der Waals surface area contributed by atoms with Crippen molar-refractivity contribution in [2.24, 2.45) is 5.92 Å². The minimum absolute atomic E-state index is 0.0728. The third kappa shape index (κ3) is 3.66. The first-order valence-corrected chi connectivity index (χ1v) is 8.95. The second kappa shape index (κ2) is 7.70. The Kier molecular flexibility index (Phi) is 4.94. The Hall–Kier alpha value is -3.75. The fraction of sp³-hybridized carbons (Fsp3) is 0.200. The van der Waals surface area contributed by atoms with Gasteiger partial charge in [-0.2, -0.15) is 5.10 Å². The number of carbonyl (C=O) groups is 2. The zero-order valence-corrected chi connectivity index (χ0v) is 15.6. The van der Waals surface area contributed by atoms with Crippen molar-refractivity contribution in [2.45, 2.75) is 6.42 Å². The van der Waals surface area contributed by atoms with E-state index in [2.05, 4.69) is 15.4 Å². The number of halogens is 1. The van der Waals surface area contributed by atoms with Gasteiger partial charge in [-0.1, -0.05) is 12.1 Å².